The van der Waals surface area contributed by atoms with Crippen molar-refractivity contribution in [3.05, 3.63) is 0 Å². The number of hydrogen-bond acceptors (Lipinski definition) is 4. The second-order valence-electron chi connectivity index (χ2n) is 3.00. The smallest absolute Gasteiger partial charge is 0.331 e. The van der Waals surface area contributed by atoms with Crippen LogP contribution < -0.4 is 0 Å². The van der Waals surface area contributed by atoms with Crippen molar-refractivity contribution in [3.63, 3.8) is 0 Å². The van der Waals surface area contributed by atoms with Crippen LogP contribution in [0.25, 0.3) is 0 Å². The Morgan fingerprint density at radius 3 is 3.00 bits per heavy atom. The highest BCUT2D eigenvalue weighted by atomic mass is 16.6. The molecule has 50 valence electrons. The Bertz CT molecular complexity index is 282. The van der Waals surface area contributed by atoms with Crippen molar-refractivity contribution in [1.29, 1.82) is 5.26 Å². The molecule has 0 aromatic carbocycles. The van der Waals surface area contributed by atoms with Gasteiger partial charge in [-0.1, -0.05) is 0 Å². The monoisotopic (exact) mass is 136 g/mol. The Morgan fingerprint density at radius 2 is 2.70 bits per heavy atom. The van der Waals surface area contributed by atoms with Crippen LogP contribution in [0.1, 0.15) is 0 Å². The summed E-state index contributed by atoms with van der Waals surface area (Å²) in [6.07, 6.45) is -0.0350. The summed E-state index contributed by atoms with van der Waals surface area (Å²) < 4.78 is 4.86. The van der Waals surface area contributed by atoms with Crippen LogP contribution in [0.2, 0.25) is 0 Å². The highest BCUT2D eigenvalue weighted by Crippen LogP contribution is 2.59. The molecule has 3 heterocycles. The van der Waals surface area contributed by atoms with Crippen LogP contribution in [-0.4, -0.2) is 29.7 Å². The van der Waals surface area contributed by atoms with Crippen molar-refractivity contribution in [2.75, 3.05) is 6.54 Å². The number of rotatable bonds is 0. The van der Waals surface area contributed by atoms with E-state index in [0.29, 0.717) is 6.54 Å². The van der Waals surface area contributed by atoms with E-state index in [0.717, 1.165) is 0 Å². The SMILES string of the molecule is N#CC12CN3C(OC1=O)C32. The molecule has 0 radical (unpaired) electrons. The summed E-state index contributed by atoms with van der Waals surface area (Å²) in [5.74, 6) is -0.312. The topological polar surface area (TPSA) is 53.1 Å². The zero-order valence-corrected chi connectivity index (χ0v) is 5.07. The van der Waals surface area contributed by atoms with Gasteiger partial charge in [0.05, 0.1) is 12.1 Å². The van der Waals surface area contributed by atoms with Gasteiger partial charge in [-0.15, -0.1) is 0 Å². The maximum absolute atomic E-state index is 10.9. The van der Waals surface area contributed by atoms with Gasteiger partial charge in [-0.05, 0) is 0 Å². The third kappa shape index (κ3) is 0.224. The summed E-state index contributed by atoms with van der Waals surface area (Å²) in [6, 6.07) is 2.15. The lowest BCUT2D eigenvalue weighted by Crippen LogP contribution is -2.51. The molecule has 0 spiro atoms. The van der Waals surface area contributed by atoms with E-state index in [1.807, 2.05) is 11.0 Å². The first-order valence-electron chi connectivity index (χ1n) is 3.18. The average molecular weight is 136 g/mol. The molecule has 0 N–H and O–H groups in total. The lowest BCUT2D eigenvalue weighted by Gasteiger charge is -2.30. The van der Waals surface area contributed by atoms with E-state index < -0.39 is 5.41 Å². The Hall–Kier alpha value is -1.08. The van der Waals surface area contributed by atoms with Crippen LogP contribution in [0.15, 0.2) is 0 Å². The van der Waals surface area contributed by atoms with E-state index in [9.17, 15) is 4.79 Å². The van der Waals surface area contributed by atoms with E-state index in [1.54, 1.807) is 0 Å². The minimum atomic E-state index is -0.759. The predicted octanol–water partition coefficient (Wildman–Crippen LogP) is -0.923. The lowest BCUT2D eigenvalue weighted by molar-refractivity contribution is -0.159. The maximum Gasteiger partial charge on any atom is 0.331 e. The molecule has 3 fully saturated rings. The number of carbonyl (C=O) groups is 1. The fraction of sp³-hybridized carbons (Fsp3) is 0.667. The zero-order chi connectivity index (χ0) is 6.93. The number of carbonyl (C=O) groups excluding carboxylic acids is 1. The van der Waals surface area contributed by atoms with Crippen molar-refractivity contribution in [2.45, 2.75) is 12.3 Å². The van der Waals surface area contributed by atoms with Gasteiger partial charge in [0, 0.05) is 6.54 Å². The molecule has 0 aromatic heterocycles. The van der Waals surface area contributed by atoms with Crippen LogP contribution in [0.4, 0.5) is 0 Å². The normalized spacial score (nSPS) is 59.9. The number of esters is 1. The molecule has 4 heteroatoms. The molecule has 4 atom stereocenters. The Labute approximate surface area is 57.0 Å². The van der Waals surface area contributed by atoms with Crippen LogP contribution in [0, 0.1) is 16.7 Å². The van der Waals surface area contributed by atoms with Gasteiger partial charge in [-0.25, -0.2) is 0 Å². The number of ether oxygens (including phenoxy) is 1. The lowest BCUT2D eigenvalue weighted by atomic mass is 9.82. The standard InChI is InChI=1S/C6H4N2O2/c7-1-6-2-8-3(6)4(8)10-5(6)9/h3-4H,2H2. The Kier molecular flexibility index (Phi) is 0.448. The molecule has 3 rings (SSSR count). The molecule has 4 nitrogen and oxygen atoms in total. The van der Waals surface area contributed by atoms with Crippen molar-refractivity contribution < 1.29 is 9.53 Å². The van der Waals surface area contributed by atoms with Gasteiger partial charge in [0.1, 0.15) is 0 Å². The van der Waals surface area contributed by atoms with Crippen molar-refractivity contribution in [3.8, 4) is 6.07 Å². The summed E-state index contributed by atoms with van der Waals surface area (Å²) in [6.45, 7) is 0.595. The molecule has 3 aliphatic heterocycles. The van der Waals surface area contributed by atoms with Gasteiger partial charge in [0.2, 0.25) is 0 Å². The van der Waals surface area contributed by atoms with Gasteiger partial charge in [-0.3, -0.25) is 9.69 Å². The maximum atomic E-state index is 10.9. The Balaban J connectivity index is 2.13. The zero-order valence-electron chi connectivity index (χ0n) is 5.07. The number of nitriles is 1. The van der Waals surface area contributed by atoms with E-state index >= 15 is 0 Å². The van der Waals surface area contributed by atoms with Crippen LogP contribution >= 0.6 is 0 Å². The molecule has 4 unspecified atom stereocenters. The van der Waals surface area contributed by atoms with E-state index in [1.165, 1.54) is 0 Å². The minimum absolute atomic E-state index is 0.0350. The summed E-state index contributed by atoms with van der Waals surface area (Å²) >= 11 is 0. The highest BCUT2D eigenvalue weighted by molar-refractivity contribution is 5.88. The largest absolute Gasteiger partial charge is 0.443 e. The molecule has 3 aliphatic rings. The fourth-order valence-corrected chi connectivity index (χ4v) is 1.91. The second kappa shape index (κ2) is 0.956. The van der Waals surface area contributed by atoms with Crippen LogP contribution in [-0.2, 0) is 9.53 Å². The van der Waals surface area contributed by atoms with E-state index in [2.05, 4.69) is 0 Å². The highest BCUT2D eigenvalue weighted by Gasteiger charge is 2.82. The molecule has 0 saturated carbocycles. The summed E-state index contributed by atoms with van der Waals surface area (Å²) in [5, 5.41) is 8.65. The third-order valence-electron chi connectivity index (χ3n) is 2.59. The van der Waals surface area contributed by atoms with E-state index in [-0.39, 0.29) is 18.2 Å². The molecule has 3 saturated heterocycles. The molecular formula is C6H4N2O2. The molecule has 0 aromatic rings. The van der Waals surface area contributed by atoms with Crippen molar-refractivity contribution in [2.24, 2.45) is 5.41 Å². The third-order valence-corrected chi connectivity index (χ3v) is 2.59. The summed E-state index contributed by atoms with van der Waals surface area (Å²) in [4.78, 5) is 12.9. The second-order valence-corrected chi connectivity index (χ2v) is 3.00. The molecule has 10 heavy (non-hydrogen) atoms. The average Bonchev–Trinajstić information content (AvgIpc) is 2.31. The first kappa shape index (κ1) is 4.69. The van der Waals surface area contributed by atoms with Gasteiger partial charge in [-0.2, -0.15) is 5.26 Å². The summed E-state index contributed by atoms with van der Waals surface area (Å²) in [7, 11) is 0. The van der Waals surface area contributed by atoms with Crippen molar-refractivity contribution in [1.82, 2.24) is 4.90 Å². The number of hydrogen-bond donors (Lipinski definition) is 0. The molecule has 0 amide bonds. The van der Waals surface area contributed by atoms with Gasteiger partial charge in [0.25, 0.3) is 0 Å². The molecular weight excluding hydrogens is 132 g/mol. The van der Waals surface area contributed by atoms with Gasteiger partial charge >= 0.3 is 5.97 Å². The predicted molar refractivity (Wildman–Crippen MR) is 28.4 cm³/mol. The number of fused-ring (bicyclic) bond motifs is 1. The molecule has 0 aliphatic carbocycles. The first-order chi connectivity index (χ1) is 4.79. The Morgan fingerprint density at radius 1 is 1.90 bits per heavy atom. The fourth-order valence-electron chi connectivity index (χ4n) is 1.91. The molecule has 0 bridgehead atoms. The minimum Gasteiger partial charge on any atom is -0.443 e. The van der Waals surface area contributed by atoms with Gasteiger partial charge in [0.15, 0.2) is 11.6 Å². The van der Waals surface area contributed by atoms with E-state index in [4.69, 9.17) is 10.00 Å². The van der Waals surface area contributed by atoms with Crippen LogP contribution in [0.3, 0.4) is 0 Å². The summed E-state index contributed by atoms with van der Waals surface area (Å²) in [5.41, 5.74) is -0.759. The van der Waals surface area contributed by atoms with Gasteiger partial charge < -0.3 is 4.74 Å². The van der Waals surface area contributed by atoms with Crippen LogP contribution in [0.5, 0.6) is 0 Å². The first-order valence-corrected chi connectivity index (χ1v) is 3.18. The van der Waals surface area contributed by atoms with Crippen molar-refractivity contribution >= 4 is 5.97 Å². The number of nitrogens with zero attached hydrogens (tertiary/aromatic N) is 2. The quantitative estimate of drug-likeness (QED) is 0.319.